The predicted octanol–water partition coefficient (Wildman–Crippen LogP) is 3.50. The van der Waals surface area contributed by atoms with Gasteiger partial charge in [-0.05, 0) is 29.8 Å². The van der Waals surface area contributed by atoms with Crippen molar-refractivity contribution in [2.75, 3.05) is 11.3 Å². The van der Waals surface area contributed by atoms with Crippen molar-refractivity contribution < 1.29 is 23.3 Å². The summed E-state index contributed by atoms with van der Waals surface area (Å²) >= 11 is 1.09. The molecule has 0 aliphatic carbocycles. The van der Waals surface area contributed by atoms with Gasteiger partial charge in [-0.3, -0.25) is 13.8 Å². The summed E-state index contributed by atoms with van der Waals surface area (Å²) in [5, 5.41) is 13.0. The van der Waals surface area contributed by atoms with E-state index in [0.29, 0.717) is 10.6 Å². The first-order chi connectivity index (χ1) is 13.0. The number of anilines is 1. The van der Waals surface area contributed by atoms with Crippen LogP contribution in [-0.2, 0) is 22.2 Å². The molecule has 140 valence electrons. The smallest absolute Gasteiger partial charge is 0.288 e. The second kappa shape index (κ2) is 8.38. The molecule has 1 amide bonds. The Morgan fingerprint density at radius 3 is 2.59 bits per heavy atom. The second-order valence-electron chi connectivity index (χ2n) is 5.44. The van der Waals surface area contributed by atoms with Crippen LogP contribution in [0.5, 0.6) is 5.75 Å². The van der Waals surface area contributed by atoms with Crippen LogP contribution in [0.1, 0.15) is 15.9 Å². The number of hydrogen-bond donors (Lipinski definition) is 1. The van der Waals surface area contributed by atoms with Gasteiger partial charge in [-0.2, -0.15) is 5.06 Å². The van der Waals surface area contributed by atoms with Crippen molar-refractivity contribution >= 4 is 33.2 Å². The molecule has 1 aromatic heterocycles. The van der Waals surface area contributed by atoms with E-state index in [1.165, 1.54) is 42.7 Å². The van der Waals surface area contributed by atoms with Crippen molar-refractivity contribution in [3.8, 4) is 5.75 Å². The third kappa shape index (κ3) is 4.57. The first-order valence-corrected chi connectivity index (χ1v) is 10.2. The van der Waals surface area contributed by atoms with Crippen LogP contribution in [0.25, 0.3) is 0 Å². The molecule has 6 nitrogen and oxygen atoms in total. The lowest BCUT2D eigenvalue weighted by Crippen LogP contribution is -2.31. The summed E-state index contributed by atoms with van der Waals surface area (Å²) in [6.07, 6.45) is 1.48. The van der Waals surface area contributed by atoms with Gasteiger partial charge in [0, 0.05) is 11.6 Å². The van der Waals surface area contributed by atoms with E-state index >= 15 is 0 Å². The van der Waals surface area contributed by atoms with Gasteiger partial charge in [0.05, 0.1) is 16.4 Å². The lowest BCUT2D eigenvalue weighted by Gasteiger charge is -2.19. The van der Waals surface area contributed by atoms with Crippen LogP contribution >= 0.6 is 11.3 Å². The Hall–Kier alpha value is -2.62. The number of carbonyl (C=O) groups excluding carboxylic acids is 1. The molecule has 3 rings (SSSR count). The van der Waals surface area contributed by atoms with E-state index in [0.717, 1.165) is 16.4 Å². The highest BCUT2D eigenvalue weighted by atomic mass is 32.2. The summed E-state index contributed by atoms with van der Waals surface area (Å²) in [6, 6.07) is 11.7. The zero-order chi connectivity index (χ0) is 19.4. The van der Waals surface area contributed by atoms with Gasteiger partial charge < -0.3 is 5.11 Å². The fourth-order valence-corrected chi connectivity index (χ4v) is 3.76. The SMILES string of the molecule is CS(=O)c1csc(N(OCc2ccc(F)cc2)C(=O)c2ccccc2O)n1. The number of halogens is 1. The van der Waals surface area contributed by atoms with E-state index in [-0.39, 0.29) is 28.9 Å². The van der Waals surface area contributed by atoms with Crippen LogP contribution in [0.4, 0.5) is 9.52 Å². The zero-order valence-corrected chi connectivity index (χ0v) is 15.8. The van der Waals surface area contributed by atoms with Crippen LogP contribution in [0.3, 0.4) is 0 Å². The number of aromatic hydroxyl groups is 1. The van der Waals surface area contributed by atoms with Crippen molar-refractivity contribution in [2.24, 2.45) is 0 Å². The van der Waals surface area contributed by atoms with Crippen molar-refractivity contribution in [3.05, 3.63) is 70.9 Å². The van der Waals surface area contributed by atoms with Gasteiger partial charge in [-0.1, -0.05) is 24.3 Å². The molecule has 0 saturated carbocycles. The Bertz CT molecular complexity index is 976. The van der Waals surface area contributed by atoms with Crippen molar-refractivity contribution in [1.29, 1.82) is 0 Å². The average molecular weight is 406 g/mol. The Labute approximate surface area is 161 Å². The molecule has 0 bridgehead atoms. The Morgan fingerprint density at radius 1 is 1.26 bits per heavy atom. The minimum Gasteiger partial charge on any atom is -0.507 e. The first kappa shape index (κ1) is 19.2. The van der Waals surface area contributed by atoms with Crippen molar-refractivity contribution in [2.45, 2.75) is 11.6 Å². The quantitative estimate of drug-likeness (QED) is 0.634. The molecule has 3 aromatic rings. The minimum absolute atomic E-state index is 0.0241. The van der Waals surface area contributed by atoms with E-state index in [9.17, 15) is 18.5 Å². The van der Waals surface area contributed by atoms with Gasteiger partial charge in [0.25, 0.3) is 5.91 Å². The molecule has 1 unspecified atom stereocenters. The van der Waals surface area contributed by atoms with E-state index in [2.05, 4.69) is 4.98 Å². The van der Waals surface area contributed by atoms with Crippen LogP contribution in [-0.4, -0.2) is 26.5 Å². The summed E-state index contributed by atoms with van der Waals surface area (Å²) in [5.41, 5.74) is 0.674. The number of aromatic nitrogens is 1. The summed E-state index contributed by atoms with van der Waals surface area (Å²) in [7, 11) is -1.31. The number of phenolic OH excluding ortho intramolecular Hbond substituents is 1. The molecular formula is C18H15FN2O4S2. The summed E-state index contributed by atoms with van der Waals surface area (Å²) in [5.74, 6) is -1.21. The first-order valence-electron chi connectivity index (χ1n) is 7.74. The molecule has 0 radical (unpaired) electrons. The van der Waals surface area contributed by atoms with Crippen LogP contribution < -0.4 is 5.06 Å². The molecule has 27 heavy (non-hydrogen) atoms. The number of phenols is 1. The van der Waals surface area contributed by atoms with Crippen LogP contribution in [0.15, 0.2) is 58.9 Å². The number of benzene rings is 2. The lowest BCUT2D eigenvalue weighted by atomic mass is 10.2. The normalized spacial score (nSPS) is 11.9. The Balaban J connectivity index is 1.90. The molecule has 0 spiro atoms. The molecule has 0 saturated heterocycles. The molecule has 1 atom stereocenters. The van der Waals surface area contributed by atoms with Gasteiger partial charge in [-0.25, -0.2) is 9.37 Å². The van der Waals surface area contributed by atoms with Crippen LogP contribution in [0.2, 0.25) is 0 Å². The van der Waals surface area contributed by atoms with E-state index < -0.39 is 16.7 Å². The van der Waals surface area contributed by atoms with Gasteiger partial charge in [0.15, 0.2) is 0 Å². The highest BCUT2D eigenvalue weighted by Gasteiger charge is 2.25. The van der Waals surface area contributed by atoms with Crippen molar-refractivity contribution in [3.63, 3.8) is 0 Å². The van der Waals surface area contributed by atoms with Gasteiger partial charge in [0.2, 0.25) is 5.13 Å². The number of hydrogen-bond acceptors (Lipinski definition) is 6. The van der Waals surface area contributed by atoms with E-state index in [1.807, 2.05) is 0 Å². The fraction of sp³-hybridized carbons (Fsp3) is 0.111. The third-order valence-corrected chi connectivity index (χ3v) is 5.29. The molecular weight excluding hydrogens is 391 g/mol. The number of carbonyl (C=O) groups is 1. The van der Waals surface area contributed by atoms with Crippen LogP contribution in [0, 0.1) is 5.82 Å². The molecule has 9 heteroatoms. The number of para-hydroxylation sites is 1. The summed E-state index contributed by atoms with van der Waals surface area (Å²) < 4.78 is 24.7. The fourth-order valence-electron chi connectivity index (χ4n) is 2.16. The third-order valence-electron chi connectivity index (χ3n) is 3.53. The lowest BCUT2D eigenvalue weighted by molar-refractivity contribution is 0.0596. The summed E-state index contributed by atoms with van der Waals surface area (Å²) in [6.45, 7) is -0.0241. The zero-order valence-electron chi connectivity index (χ0n) is 14.2. The largest absolute Gasteiger partial charge is 0.507 e. The van der Waals surface area contributed by atoms with Gasteiger partial charge >= 0.3 is 0 Å². The molecule has 1 N–H and O–H groups in total. The highest BCUT2D eigenvalue weighted by Crippen LogP contribution is 2.27. The second-order valence-corrected chi connectivity index (χ2v) is 7.60. The maximum Gasteiger partial charge on any atom is 0.288 e. The van der Waals surface area contributed by atoms with E-state index in [1.54, 1.807) is 17.5 Å². The maximum absolute atomic E-state index is 13.1. The minimum atomic E-state index is -1.31. The Kier molecular flexibility index (Phi) is 5.94. The highest BCUT2D eigenvalue weighted by molar-refractivity contribution is 7.84. The van der Waals surface area contributed by atoms with Gasteiger partial charge in [0.1, 0.15) is 23.2 Å². The number of nitrogens with zero attached hydrogens (tertiary/aromatic N) is 2. The average Bonchev–Trinajstić information content (AvgIpc) is 3.14. The topological polar surface area (TPSA) is 79.7 Å². The Morgan fingerprint density at radius 2 is 1.96 bits per heavy atom. The number of thiazole rings is 1. The molecule has 1 heterocycles. The number of rotatable bonds is 6. The predicted molar refractivity (Wildman–Crippen MR) is 101 cm³/mol. The standard InChI is InChI=1S/C18H15FN2O4S2/c1-27(24)16-11-26-18(20-16)21(17(23)14-4-2-3-5-15(14)22)25-10-12-6-8-13(19)9-7-12/h2-9,11,22H,10H2,1H3. The van der Waals surface area contributed by atoms with Gasteiger partial charge in [-0.15, -0.1) is 11.3 Å². The maximum atomic E-state index is 13.1. The monoisotopic (exact) mass is 406 g/mol. The summed E-state index contributed by atoms with van der Waals surface area (Å²) in [4.78, 5) is 22.7. The molecule has 0 fully saturated rings. The van der Waals surface area contributed by atoms with E-state index in [4.69, 9.17) is 4.84 Å². The molecule has 0 aliphatic rings. The number of hydroxylamine groups is 1. The number of amides is 1. The molecule has 0 aliphatic heterocycles. The molecule has 2 aromatic carbocycles. The van der Waals surface area contributed by atoms with Crippen molar-refractivity contribution in [1.82, 2.24) is 4.98 Å².